The summed E-state index contributed by atoms with van der Waals surface area (Å²) in [4.78, 5) is 7.11. The molecule has 2 aromatic rings. The molecule has 2 aliphatic rings. The number of phenols is 1. The summed E-state index contributed by atoms with van der Waals surface area (Å²) in [6, 6.07) is 6.39. The Morgan fingerprint density at radius 3 is 2.74 bits per heavy atom. The molecule has 3 heterocycles. The molecule has 27 heavy (non-hydrogen) atoms. The van der Waals surface area contributed by atoms with E-state index >= 15 is 0 Å². The topological polar surface area (TPSA) is 66.2 Å². The first-order chi connectivity index (χ1) is 13.2. The minimum atomic E-state index is 0.297. The molecular formula is C21H31N5O. The predicted octanol–water partition coefficient (Wildman–Crippen LogP) is 3.25. The smallest absolute Gasteiger partial charge is 0.224 e. The van der Waals surface area contributed by atoms with Crippen LogP contribution in [0.15, 0.2) is 18.2 Å². The molecule has 6 nitrogen and oxygen atoms in total. The van der Waals surface area contributed by atoms with Crippen molar-refractivity contribution in [2.24, 2.45) is 7.05 Å². The maximum absolute atomic E-state index is 10.2. The van der Waals surface area contributed by atoms with Gasteiger partial charge in [0.05, 0.1) is 0 Å². The van der Waals surface area contributed by atoms with Crippen molar-refractivity contribution in [3.05, 3.63) is 23.8 Å². The van der Waals surface area contributed by atoms with E-state index in [1.807, 2.05) is 17.8 Å². The number of benzene rings is 1. The molecule has 1 aromatic heterocycles. The van der Waals surface area contributed by atoms with Gasteiger partial charge in [0, 0.05) is 31.7 Å². The number of nitrogens with zero attached hydrogens (tertiary/aromatic N) is 4. The second-order valence-electron chi connectivity index (χ2n) is 7.98. The number of rotatable bonds is 5. The summed E-state index contributed by atoms with van der Waals surface area (Å²) in [7, 11) is 1.96. The third kappa shape index (κ3) is 4.43. The van der Waals surface area contributed by atoms with E-state index in [2.05, 4.69) is 21.4 Å². The predicted molar refractivity (Wildman–Crippen MR) is 108 cm³/mol. The average molecular weight is 370 g/mol. The molecule has 2 aliphatic heterocycles. The first-order valence-corrected chi connectivity index (χ1v) is 10.4. The normalized spacial score (nSPS) is 20.8. The van der Waals surface area contributed by atoms with Crippen molar-refractivity contribution in [2.75, 3.05) is 24.5 Å². The lowest BCUT2D eigenvalue weighted by Crippen LogP contribution is -2.34. The van der Waals surface area contributed by atoms with Gasteiger partial charge in [-0.2, -0.15) is 4.98 Å². The maximum Gasteiger partial charge on any atom is 0.224 e. The van der Waals surface area contributed by atoms with E-state index in [4.69, 9.17) is 4.98 Å². The van der Waals surface area contributed by atoms with Gasteiger partial charge in [-0.1, -0.05) is 6.42 Å². The molecule has 1 aromatic carbocycles. The van der Waals surface area contributed by atoms with Gasteiger partial charge in [-0.05, 0) is 75.3 Å². The van der Waals surface area contributed by atoms with Crippen LogP contribution in [0.25, 0.3) is 11.4 Å². The zero-order valence-corrected chi connectivity index (χ0v) is 16.3. The molecule has 0 bridgehead atoms. The number of anilines is 1. The standard InChI is InChI=1S/C21H31N5O/c1-25-21(26-11-5-2-6-12-26)23-20(24-25)17-13-16(14-19(27)15-17)8-9-18-7-3-4-10-22-18/h13-15,18,22,27H,2-12H2,1H3. The molecule has 0 amide bonds. The molecule has 2 N–H and O–H groups in total. The van der Waals surface area contributed by atoms with E-state index in [9.17, 15) is 5.11 Å². The third-order valence-corrected chi connectivity index (χ3v) is 5.81. The van der Waals surface area contributed by atoms with Crippen LogP contribution < -0.4 is 10.2 Å². The Bertz CT molecular complexity index is 760. The summed E-state index contributed by atoms with van der Waals surface area (Å²) >= 11 is 0. The zero-order chi connectivity index (χ0) is 18.6. The molecule has 1 unspecified atom stereocenters. The molecule has 2 fully saturated rings. The van der Waals surface area contributed by atoms with Gasteiger partial charge in [-0.25, -0.2) is 4.68 Å². The monoisotopic (exact) mass is 369 g/mol. The van der Waals surface area contributed by atoms with E-state index in [0.29, 0.717) is 17.6 Å². The van der Waals surface area contributed by atoms with Gasteiger partial charge in [-0.3, -0.25) is 0 Å². The second kappa shape index (κ2) is 8.30. The Morgan fingerprint density at radius 1 is 1.11 bits per heavy atom. The minimum Gasteiger partial charge on any atom is -0.508 e. The SMILES string of the molecule is Cn1nc(-c2cc(O)cc(CCC3CCCCN3)c2)nc1N1CCCCC1. The molecule has 4 rings (SSSR count). The van der Waals surface area contributed by atoms with E-state index < -0.39 is 0 Å². The Hall–Kier alpha value is -2.08. The summed E-state index contributed by atoms with van der Waals surface area (Å²) in [6.45, 7) is 3.23. The quantitative estimate of drug-likeness (QED) is 0.847. The molecular weight excluding hydrogens is 338 g/mol. The van der Waals surface area contributed by atoms with Gasteiger partial charge in [0.25, 0.3) is 0 Å². The summed E-state index contributed by atoms with van der Waals surface area (Å²) in [6.07, 6.45) is 9.67. The van der Waals surface area contributed by atoms with Crippen LogP contribution in [-0.4, -0.2) is 45.5 Å². The van der Waals surface area contributed by atoms with E-state index in [1.54, 1.807) is 6.07 Å². The largest absolute Gasteiger partial charge is 0.508 e. The summed E-state index contributed by atoms with van der Waals surface area (Å²) in [5.74, 6) is 1.93. The first kappa shape index (κ1) is 18.3. The second-order valence-corrected chi connectivity index (χ2v) is 7.98. The van der Waals surface area contributed by atoms with Crippen LogP contribution in [0, 0.1) is 0 Å². The maximum atomic E-state index is 10.2. The van der Waals surface area contributed by atoms with Crippen LogP contribution in [0.4, 0.5) is 5.95 Å². The number of nitrogens with one attached hydrogen (secondary N) is 1. The lowest BCUT2D eigenvalue weighted by molar-refractivity contribution is 0.382. The van der Waals surface area contributed by atoms with Gasteiger partial charge in [0.2, 0.25) is 5.95 Å². The van der Waals surface area contributed by atoms with Crippen LogP contribution >= 0.6 is 0 Å². The number of aromatic nitrogens is 3. The highest BCUT2D eigenvalue weighted by Gasteiger charge is 2.19. The highest BCUT2D eigenvalue weighted by atomic mass is 16.3. The van der Waals surface area contributed by atoms with Crippen molar-refractivity contribution < 1.29 is 5.11 Å². The number of aryl methyl sites for hydroxylation is 2. The van der Waals surface area contributed by atoms with E-state index in [1.165, 1.54) is 38.5 Å². The van der Waals surface area contributed by atoms with Gasteiger partial charge in [0.1, 0.15) is 5.75 Å². The fraction of sp³-hybridized carbons (Fsp3) is 0.619. The molecule has 6 heteroatoms. The lowest BCUT2D eigenvalue weighted by atomic mass is 9.97. The Labute approximate surface area is 161 Å². The van der Waals surface area contributed by atoms with E-state index in [0.717, 1.165) is 49.6 Å². The number of aromatic hydroxyl groups is 1. The Morgan fingerprint density at radius 2 is 1.96 bits per heavy atom. The molecule has 0 aliphatic carbocycles. The number of hydrogen-bond acceptors (Lipinski definition) is 5. The number of hydrogen-bond donors (Lipinski definition) is 2. The third-order valence-electron chi connectivity index (χ3n) is 5.81. The van der Waals surface area contributed by atoms with Crippen LogP contribution in [0.2, 0.25) is 0 Å². The minimum absolute atomic E-state index is 0.297. The van der Waals surface area contributed by atoms with Crippen molar-refractivity contribution in [2.45, 2.75) is 57.4 Å². The Kier molecular flexibility index (Phi) is 5.62. The van der Waals surface area contributed by atoms with Crippen LogP contribution in [0.5, 0.6) is 5.75 Å². The average Bonchev–Trinajstić information content (AvgIpc) is 3.09. The van der Waals surface area contributed by atoms with Gasteiger partial charge < -0.3 is 15.3 Å². The zero-order valence-electron chi connectivity index (χ0n) is 16.3. The molecule has 146 valence electrons. The van der Waals surface area contributed by atoms with Crippen molar-refractivity contribution in [3.8, 4) is 17.1 Å². The lowest BCUT2D eigenvalue weighted by Gasteiger charge is -2.26. The van der Waals surface area contributed by atoms with Gasteiger partial charge in [-0.15, -0.1) is 5.10 Å². The molecule has 0 radical (unpaired) electrons. The number of phenolic OH excluding ortho intramolecular Hbond substituents is 1. The summed E-state index contributed by atoms with van der Waals surface area (Å²) < 4.78 is 1.87. The van der Waals surface area contributed by atoms with Crippen molar-refractivity contribution in [3.63, 3.8) is 0 Å². The van der Waals surface area contributed by atoms with Gasteiger partial charge >= 0.3 is 0 Å². The van der Waals surface area contributed by atoms with Crippen LogP contribution in [0.1, 0.15) is 50.5 Å². The molecule has 2 saturated heterocycles. The fourth-order valence-electron chi connectivity index (χ4n) is 4.33. The highest BCUT2D eigenvalue weighted by molar-refractivity contribution is 5.60. The molecule has 1 atom stereocenters. The van der Waals surface area contributed by atoms with Crippen molar-refractivity contribution in [1.82, 2.24) is 20.1 Å². The van der Waals surface area contributed by atoms with Crippen LogP contribution in [-0.2, 0) is 13.5 Å². The number of piperidine rings is 2. The molecule has 0 spiro atoms. The fourth-order valence-corrected chi connectivity index (χ4v) is 4.33. The van der Waals surface area contributed by atoms with Gasteiger partial charge in [0.15, 0.2) is 5.82 Å². The highest BCUT2D eigenvalue weighted by Crippen LogP contribution is 2.27. The summed E-state index contributed by atoms with van der Waals surface area (Å²) in [5.41, 5.74) is 2.06. The summed E-state index contributed by atoms with van der Waals surface area (Å²) in [5, 5.41) is 18.5. The Balaban J connectivity index is 1.50. The van der Waals surface area contributed by atoms with E-state index in [-0.39, 0.29) is 0 Å². The van der Waals surface area contributed by atoms with Crippen molar-refractivity contribution >= 4 is 5.95 Å². The van der Waals surface area contributed by atoms with Crippen LogP contribution in [0.3, 0.4) is 0 Å². The van der Waals surface area contributed by atoms with Crippen molar-refractivity contribution in [1.29, 1.82) is 0 Å². The first-order valence-electron chi connectivity index (χ1n) is 10.4. The molecule has 0 saturated carbocycles.